The first-order chi connectivity index (χ1) is 12.5. The number of methoxy groups -OCH3 is 1. The molecule has 2 heterocycles. The van der Waals surface area contributed by atoms with Gasteiger partial charge in [0.05, 0.1) is 13.7 Å². The summed E-state index contributed by atoms with van der Waals surface area (Å²) in [7, 11) is 1.60. The Kier molecular flexibility index (Phi) is 5.11. The number of nitrogens with one attached hydrogen (secondary N) is 1. The number of carbonyl (C=O) groups excluding carboxylic acids is 2. The average Bonchev–Trinajstić information content (AvgIpc) is 3.07. The molecule has 2 aromatic rings. The second-order valence-electron chi connectivity index (χ2n) is 6.14. The Morgan fingerprint density at radius 3 is 2.69 bits per heavy atom. The highest BCUT2D eigenvalue weighted by atomic mass is 16.5. The molecule has 1 aromatic carbocycles. The molecule has 1 saturated heterocycles. The van der Waals surface area contributed by atoms with E-state index >= 15 is 0 Å². The molecule has 1 aromatic heterocycles. The number of rotatable bonds is 4. The van der Waals surface area contributed by atoms with Crippen LogP contribution in [0.3, 0.4) is 0 Å². The SMILES string of the molecule is COc1ccc(N2CCN(C(=O)NCc3cc(C)on3)[C@H](C)C2=O)cc1. The Morgan fingerprint density at radius 2 is 2.08 bits per heavy atom. The monoisotopic (exact) mass is 358 g/mol. The third-order valence-electron chi connectivity index (χ3n) is 4.40. The number of ether oxygens (including phenoxy) is 1. The third-order valence-corrected chi connectivity index (χ3v) is 4.40. The van der Waals surface area contributed by atoms with Gasteiger partial charge in [0, 0.05) is 24.8 Å². The van der Waals surface area contributed by atoms with Crippen molar-refractivity contribution in [2.75, 3.05) is 25.1 Å². The summed E-state index contributed by atoms with van der Waals surface area (Å²) in [6.07, 6.45) is 0. The Morgan fingerprint density at radius 1 is 1.35 bits per heavy atom. The highest BCUT2D eigenvalue weighted by Gasteiger charge is 2.35. The standard InChI is InChI=1S/C18H22N4O4/c1-12-10-14(20-26-12)11-19-18(24)21-8-9-22(17(23)13(21)2)15-4-6-16(25-3)7-5-15/h4-7,10,13H,8-9,11H2,1-3H3,(H,19,24)/t13-/m1/s1. The molecule has 1 aliphatic rings. The van der Waals surface area contributed by atoms with Crippen LogP contribution in [0.15, 0.2) is 34.9 Å². The molecule has 1 N–H and O–H groups in total. The van der Waals surface area contributed by atoms with Gasteiger partial charge < -0.3 is 24.4 Å². The van der Waals surface area contributed by atoms with Crippen molar-refractivity contribution in [3.63, 3.8) is 0 Å². The van der Waals surface area contributed by atoms with Crippen LogP contribution in [0.25, 0.3) is 0 Å². The summed E-state index contributed by atoms with van der Waals surface area (Å²) in [6.45, 7) is 4.67. The molecule has 1 atom stereocenters. The van der Waals surface area contributed by atoms with E-state index in [-0.39, 0.29) is 18.5 Å². The molecule has 8 nitrogen and oxygen atoms in total. The minimum atomic E-state index is -0.551. The van der Waals surface area contributed by atoms with Gasteiger partial charge in [0.1, 0.15) is 23.2 Å². The van der Waals surface area contributed by atoms with Gasteiger partial charge in [-0.2, -0.15) is 0 Å². The molecule has 1 fully saturated rings. The molecule has 3 rings (SSSR count). The summed E-state index contributed by atoms with van der Waals surface area (Å²) in [4.78, 5) is 28.4. The Bertz CT molecular complexity index is 787. The number of nitrogens with zero attached hydrogens (tertiary/aromatic N) is 3. The van der Waals surface area contributed by atoms with E-state index in [9.17, 15) is 9.59 Å². The zero-order valence-electron chi connectivity index (χ0n) is 15.1. The quantitative estimate of drug-likeness (QED) is 0.902. The second-order valence-corrected chi connectivity index (χ2v) is 6.14. The van der Waals surface area contributed by atoms with Crippen molar-refractivity contribution < 1.29 is 18.8 Å². The van der Waals surface area contributed by atoms with Gasteiger partial charge in [0.2, 0.25) is 5.91 Å². The minimum Gasteiger partial charge on any atom is -0.497 e. The van der Waals surface area contributed by atoms with Gasteiger partial charge in [0.15, 0.2) is 0 Å². The number of aryl methyl sites for hydroxylation is 1. The van der Waals surface area contributed by atoms with Crippen LogP contribution in [0.5, 0.6) is 5.75 Å². The topological polar surface area (TPSA) is 87.9 Å². The van der Waals surface area contributed by atoms with E-state index in [0.717, 1.165) is 11.4 Å². The van der Waals surface area contributed by atoms with Gasteiger partial charge in [0.25, 0.3) is 0 Å². The highest BCUT2D eigenvalue weighted by Crippen LogP contribution is 2.23. The molecule has 26 heavy (non-hydrogen) atoms. The molecule has 8 heteroatoms. The average molecular weight is 358 g/mol. The predicted molar refractivity (Wildman–Crippen MR) is 95.0 cm³/mol. The Labute approximate surface area is 151 Å². The smallest absolute Gasteiger partial charge is 0.318 e. The number of hydrogen-bond donors (Lipinski definition) is 1. The van der Waals surface area contributed by atoms with Gasteiger partial charge in [-0.05, 0) is 38.1 Å². The number of hydrogen-bond acceptors (Lipinski definition) is 5. The lowest BCUT2D eigenvalue weighted by Crippen LogP contribution is -2.59. The summed E-state index contributed by atoms with van der Waals surface area (Å²) >= 11 is 0. The van der Waals surface area contributed by atoms with Crippen LogP contribution in [-0.4, -0.2) is 48.2 Å². The highest BCUT2D eigenvalue weighted by molar-refractivity contribution is 6.00. The number of amides is 3. The molecular formula is C18H22N4O4. The summed E-state index contributed by atoms with van der Waals surface area (Å²) < 4.78 is 10.1. The van der Waals surface area contributed by atoms with Crippen molar-refractivity contribution in [3.8, 4) is 5.75 Å². The molecule has 0 spiro atoms. The van der Waals surface area contributed by atoms with Crippen LogP contribution in [-0.2, 0) is 11.3 Å². The van der Waals surface area contributed by atoms with E-state index < -0.39 is 6.04 Å². The molecule has 3 amide bonds. The van der Waals surface area contributed by atoms with Gasteiger partial charge >= 0.3 is 6.03 Å². The number of benzene rings is 1. The van der Waals surface area contributed by atoms with Gasteiger partial charge in [-0.3, -0.25) is 4.79 Å². The fraction of sp³-hybridized carbons (Fsp3) is 0.389. The van der Waals surface area contributed by atoms with Crippen LogP contribution in [0, 0.1) is 6.92 Å². The van der Waals surface area contributed by atoms with E-state index in [1.54, 1.807) is 31.9 Å². The third kappa shape index (κ3) is 3.63. The Balaban J connectivity index is 1.62. The fourth-order valence-electron chi connectivity index (χ4n) is 2.94. The number of urea groups is 1. The van der Waals surface area contributed by atoms with Crippen LogP contribution >= 0.6 is 0 Å². The molecule has 0 aliphatic carbocycles. The lowest BCUT2D eigenvalue weighted by molar-refractivity contribution is -0.124. The lowest BCUT2D eigenvalue weighted by atomic mass is 10.1. The van der Waals surface area contributed by atoms with Crippen molar-refractivity contribution in [3.05, 3.63) is 41.8 Å². The molecule has 0 saturated carbocycles. The van der Waals surface area contributed by atoms with Gasteiger partial charge in [-0.15, -0.1) is 0 Å². The van der Waals surface area contributed by atoms with Crippen LogP contribution in [0.4, 0.5) is 10.5 Å². The maximum Gasteiger partial charge on any atom is 0.318 e. The molecule has 1 aliphatic heterocycles. The van der Waals surface area contributed by atoms with E-state index in [1.165, 1.54) is 4.90 Å². The number of aromatic nitrogens is 1. The first kappa shape index (κ1) is 17.8. The van der Waals surface area contributed by atoms with Crippen molar-refractivity contribution >= 4 is 17.6 Å². The predicted octanol–water partition coefficient (Wildman–Crippen LogP) is 1.94. The van der Waals surface area contributed by atoms with Crippen LogP contribution in [0.2, 0.25) is 0 Å². The second kappa shape index (κ2) is 7.47. The Hall–Kier alpha value is -3.03. The summed E-state index contributed by atoms with van der Waals surface area (Å²) in [5, 5.41) is 6.62. The van der Waals surface area contributed by atoms with E-state index in [2.05, 4.69) is 10.5 Å². The van der Waals surface area contributed by atoms with Crippen LogP contribution < -0.4 is 15.0 Å². The van der Waals surface area contributed by atoms with Crippen molar-refractivity contribution in [2.24, 2.45) is 0 Å². The zero-order valence-corrected chi connectivity index (χ0v) is 15.1. The maximum absolute atomic E-state index is 12.7. The lowest BCUT2D eigenvalue weighted by Gasteiger charge is -2.39. The molecule has 0 radical (unpaired) electrons. The number of anilines is 1. The van der Waals surface area contributed by atoms with E-state index in [4.69, 9.17) is 9.26 Å². The molecule has 0 unspecified atom stereocenters. The van der Waals surface area contributed by atoms with Crippen molar-refractivity contribution in [1.82, 2.24) is 15.4 Å². The van der Waals surface area contributed by atoms with Gasteiger partial charge in [-0.1, -0.05) is 5.16 Å². The molecular weight excluding hydrogens is 336 g/mol. The number of piperazine rings is 1. The van der Waals surface area contributed by atoms with E-state index in [1.807, 2.05) is 24.3 Å². The summed E-state index contributed by atoms with van der Waals surface area (Å²) in [5.41, 5.74) is 1.44. The molecule has 138 valence electrons. The zero-order chi connectivity index (χ0) is 18.7. The fourth-order valence-corrected chi connectivity index (χ4v) is 2.94. The van der Waals surface area contributed by atoms with Gasteiger partial charge in [-0.25, -0.2) is 4.79 Å². The summed E-state index contributed by atoms with van der Waals surface area (Å²) in [5.74, 6) is 1.30. The number of carbonyl (C=O) groups is 2. The first-order valence-electron chi connectivity index (χ1n) is 8.41. The maximum atomic E-state index is 12.7. The minimum absolute atomic E-state index is 0.117. The van der Waals surface area contributed by atoms with Crippen molar-refractivity contribution in [1.29, 1.82) is 0 Å². The van der Waals surface area contributed by atoms with E-state index in [0.29, 0.717) is 24.5 Å². The molecule has 0 bridgehead atoms. The van der Waals surface area contributed by atoms with Crippen LogP contribution in [0.1, 0.15) is 18.4 Å². The summed E-state index contributed by atoms with van der Waals surface area (Å²) in [6, 6.07) is 8.22. The van der Waals surface area contributed by atoms with Crippen molar-refractivity contribution in [2.45, 2.75) is 26.4 Å². The largest absolute Gasteiger partial charge is 0.497 e. The normalized spacial score (nSPS) is 17.3. The first-order valence-corrected chi connectivity index (χ1v) is 8.41.